The number of carbonyl (C=O) groups is 1. The highest BCUT2D eigenvalue weighted by molar-refractivity contribution is 6.30. The van der Waals surface area contributed by atoms with Gasteiger partial charge in [0, 0.05) is 5.02 Å². The highest BCUT2D eigenvalue weighted by atomic mass is 35.5. The van der Waals surface area contributed by atoms with Crippen LogP contribution >= 0.6 is 11.6 Å². The van der Waals surface area contributed by atoms with E-state index in [0.29, 0.717) is 16.5 Å². The number of halogens is 2. The van der Waals surface area contributed by atoms with Gasteiger partial charge in [-0.15, -0.1) is 0 Å². The van der Waals surface area contributed by atoms with E-state index < -0.39 is 5.82 Å². The Hall–Kier alpha value is -2.07. The molecule has 3 nitrogen and oxygen atoms in total. The first-order valence-electron chi connectivity index (χ1n) is 8.26. The Bertz CT molecular complexity index is 716. The van der Waals surface area contributed by atoms with Crippen LogP contribution < -0.4 is 10.1 Å². The van der Waals surface area contributed by atoms with Crippen LogP contribution in [0.1, 0.15) is 37.4 Å². The lowest BCUT2D eigenvalue weighted by molar-refractivity contribution is -0.121. The molecule has 0 radical (unpaired) electrons. The number of methoxy groups -OCH3 is 1. The fraction of sp³-hybridized carbons (Fsp3) is 0.350. The first-order valence-corrected chi connectivity index (χ1v) is 8.64. The summed E-state index contributed by atoms with van der Waals surface area (Å²) in [7, 11) is 1.61. The number of carbonyl (C=O) groups excluding carboxylic acids is 1. The number of hydrogen-bond acceptors (Lipinski definition) is 2. The summed E-state index contributed by atoms with van der Waals surface area (Å²) in [6.07, 6.45) is 0.773. The van der Waals surface area contributed by atoms with Gasteiger partial charge < -0.3 is 10.1 Å². The lowest BCUT2D eigenvalue weighted by atomic mass is 9.96. The Labute approximate surface area is 153 Å². The predicted molar refractivity (Wildman–Crippen MR) is 98.4 cm³/mol. The largest absolute Gasteiger partial charge is 0.497 e. The van der Waals surface area contributed by atoms with E-state index in [-0.39, 0.29) is 18.4 Å². The second-order valence-electron chi connectivity index (χ2n) is 6.44. The molecule has 0 unspecified atom stereocenters. The minimum absolute atomic E-state index is 0.0201. The van der Waals surface area contributed by atoms with Crippen molar-refractivity contribution in [2.75, 3.05) is 7.11 Å². The Morgan fingerprint density at radius 2 is 1.88 bits per heavy atom. The molecule has 0 fully saturated rings. The molecule has 0 aliphatic rings. The Balaban J connectivity index is 2.11. The second-order valence-corrected chi connectivity index (χ2v) is 6.87. The summed E-state index contributed by atoms with van der Waals surface area (Å²) in [5.41, 5.74) is 1.33. The normalized spacial score (nSPS) is 12.1. The van der Waals surface area contributed by atoms with Crippen LogP contribution in [0.25, 0.3) is 0 Å². The maximum Gasteiger partial charge on any atom is 0.225 e. The molecule has 0 aliphatic carbocycles. The molecule has 0 heterocycles. The average molecular weight is 364 g/mol. The molecule has 0 bridgehead atoms. The molecule has 1 atom stereocenters. The quantitative estimate of drug-likeness (QED) is 0.757. The molecule has 5 heteroatoms. The second kappa shape index (κ2) is 8.86. The highest BCUT2D eigenvalue weighted by Crippen LogP contribution is 2.24. The van der Waals surface area contributed by atoms with Crippen molar-refractivity contribution in [3.63, 3.8) is 0 Å². The fourth-order valence-electron chi connectivity index (χ4n) is 2.67. The third-order valence-electron chi connectivity index (χ3n) is 3.93. The zero-order chi connectivity index (χ0) is 18.4. The zero-order valence-electron chi connectivity index (χ0n) is 14.7. The summed E-state index contributed by atoms with van der Waals surface area (Å²) in [6.45, 7) is 4.20. The number of benzene rings is 2. The minimum Gasteiger partial charge on any atom is -0.497 e. The highest BCUT2D eigenvalue weighted by Gasteiger charge is 2.17. The first kappa shape index (κ1) is 19.3. The van der Waals surface area contributed by atoms with Crippen molar-refractivity contribution in [3.8, 4) is 5.75 Å². The number of nitrogens with one attached hydrogen (secondary N) is 1. The number of amides is 1. The van der Waals surface area contributed by atoms with Crippen molar-refractivity contribution in [2.24, 2.45) is 5.92 Å². The van der Waals surface area contributed by atoms with Gasteiger partial charge in [0.05, 0.1) is 19.6 Å². The summed E-state index contributed by atoms with van der Waals surface area (Å²) in [5.74, 6) is 0.483. The van der Waals surface area contributed by atoms with Crippen molar-refractivity contribution in [1.29, 1.82) is 0 Å². The van der Waals surface area contributed by atoms with E-state index in [4.69, 9.17) is 16.3 Å². The van der Waals surface area contributed by atoms with Gasteiger partial charge in [-0.25, -0.2) is 4.39 Å². The third kappa shape index (κ3) is 5.75. The Kier molecular flexibility index (Phi) is 6.82. The van der Waals surface area contributed by atoms with E-state index in [1.165, 1.54) is 6.07 Å². The van der Waals surface area contributed by atoms with Crippen LogP contribution in [0, 0.1) is 11.7 Å². The molecule has 134 valence electrons. The van der Waals surface area contributed by atoms with Gasteiger partial charge in [0.2, 0.25) is 5.91 Å². The molecular weight excluding hydrogens is 341 g/mol. The molecule has 2 rings (SSSR count). The van der Waals surface area contributed by atoms with Gasteiger partial charge in [-0.3, -0.25) is 4.79 Å². The zero-order valence-corrected chi connectivity index (χ0v) is 15.4. The summed E-state index contributed by atoms with van der Waals surface area (Å²) in [6, 6.07) is 11.8. The Morgan fingerprint density at radius 3 is 2.44 bits per heavy atom. The molecule has 0 aromatic heterocycles. The average Bonchev–Trinajstić information content (AvgIpc) is 2.56. The van der Waals surface area contributed by atoms with Crippen molar-refractivity contribution in [3.05, 3.63) is 64.4 Å². The van der Waals surface area contributed by atoms with Gasteiger partial charge in [-0.2, -0.15) is 0 Å². The van der Waals surface area contributed by atoms with Gasteiger partial charge >= 0.3 is 0 Å². The molecule has 0 aliphatic heterocycles. The van der Waals surface area contributed by atoms with Gasteiger partial charge in [0.25, 0.3) is 0 Å². The third-order valence-corrected chi connectivity index (χ3v) is 4.16. The van der Waals surface area contributed by atoms with Crippen molar-refractivity contribution in [2.45, 2.75) is 32.7 Å². The van der Waals surface area contributed by atoms with Crippen LogP contribution in [0.15, 0.2) is 42.5 Å². The van der Waals surface area contributed by atoms with Crippen LogP contribution in [0.3, 0.4) is 0 Å². The molecule has 1 amide bonds. The van der Waals surface area contributed by atoms with E-state index in [9.17, 15) is 9.18 Å². The van der Waals surface area contributed by atoms with Crippen LogP contribution in [0.5, 0.6) is 5.75 Å². The topological polar surface area (TPSA) is 38.3 Å². The molecule has 2 aromatic rings. The smallest absolute Gasteiger partial charge is 0.225 e. The Morgan fingerprint density at radius 1 is 1.20 bits per heavy atom. The van der Waals surface area contributed by atoms with Crippen LogP contribution in [0.4, 0.5) is 4.39 Å². The lowest BCUT2D eigenvalue weighted by Crippen LogP contribution is -2.31. The van der Waals surface area contributed by atoms with Crippen molar-refractivity contribution in [1.82, 2.24) is 5.32 Å². The monoisotopic (exact) mass is 363 g/mol. The number of hydrogen-bond donors (Lipinski definition) is 1. The molecule has 0 saturated carbocycles. The van der Waals surface area contributed by atoms with Crippen LogP contribution in [-0.2, 0) is 11.2 Å². The molecule has 1 N–H and O–H groups in total. The van der Waals surface area contributed by atoms with E-state index >= 15 is 0 Å². The molecule has 0 spiro atoms. The molecule has 2 aromatic carbocycles. The summed E-state index contributed by atoms with van der Waals surface area (Å²) in [5, 5.41) is 3.33. The SMILES string of the molecule is COc1ccc([C@H](CC(C)C)NC(=O)Cc2ccc(Cl)cc2F)cc1. The summed E-state index contributed by atoms with van der Waals surface area (Å²) < 4.78 is 19.1. The molecular formula is C20H23ClFNO2. The van der Waals surface area contributed by atoms with E-state index in [0.717, 1.165) is 17.7 Å². The summed E-state index contributed by atoms with van der Waals surface area (Å²) >= 11 is 5.75. The summed E-state index contributed by atoms with van der Waals surface area (Å²) in [4.78, 5) is 12.4. The van der Waals surface area contributed by atoms with Crippen molar-refractivity contribution < 1.29 is 13.9 Å². The van der Waals surface area contributed by atoms with Crippen LogP contribution in [-0.4, -0.2) is 13.0 Å². The van der Waals surface area contributed by atoms with Gasteiger partial charge in [0.15, 0.2) is 0 Å². The maximum absolute atomic E-state index is 13.9. The van der Waals surface area contributed by atoms with E-state index in [1.54, 1.807) is 19.2 Å². The minimum atomic E-state index is -0.465. The van der Waals surface area contributed by atoms with Crippen LogP contribution in [0.2, 0.25) is 5.02 Å². The van der Waals surface area contributed by atoms with Gasteiger partial charge in [0.1, 0.15) is 11.6 Å². The van der Waals surface area contributed by atoms with E-state index in [1.807, 2.05) is 24.3 Å². The predicted octanol–water partition coefficient (Wildman–Crippen LogP) is 4.93. The molecule has 0 saturated heterocycles. The van der Waals surface area contributed by atoms with Gasteiger partial charge in [-0.1, -0.05) is 43.6 Å². The van der Waals surface area contributed by atoms with Gasteiger partial charge in [-0.05, 0) is 47.7 Å². The molecule has 25 heavy (non-hydrogen) atoms. The standard InChI is InChI=1S/C20H23ClFNO2/c1-13(2)10-19(14-5-8-17(25-3)9-6-14)23-20(24)11-15-4-7-16(21)12-18(15)22/h4-9,12-13,19H,10-11H2,1-3H3,(H,23,24)/t19-/m0/s1. The lowest BCUT2D eigenvalue weighted by Gasteiger charge is -2.21. The number of ether oxygens (including phenoxy) is 1. The number of rotatable bonds is 7. The maximum atomic E-state index is 13.9. The first-order chi connectivity index (χ1) is 11.9. The van der Waals surface area contributed by atoms with Crippen molar-refractivity contribution >= 4 is 17.5 Å². The fourth-order valence-corrected chi connectivity index (χ4v) is 2.83. The van der Waals surface area contributed by atoms with E-state index in [2.05, 4.69) is 19.2 Å².